The standard InChI is InChI=1S/C28H32F3N3O4/c1-27(2,3)25(36)32-16-11-10-14(12-15(16)29)18-13-17(35)19-22(34(9)26(37)28(4,5)6)20(30)23(33(7)8)21(31)24(19)38-18/h10-13H,1-9H3,(H,32,36). The average Bonchev–Trinajstić information content (AvgIpc) is 2.78. The van der Waals surface area contributed by atoms with Crippen LogP contribution in [0.5, 0.6) is 0 Å². The van der Waals surface area contributed by atoms with Gasteiger partial charge in [-0.25, -0.2) is 13.2 Å². The lowest BCUT2D eigenvalue weighted by Gasteiger charge is -2.28. The van der Waals surface area contributed by atoms with Crippen LogP contribution in [0.4, 0.5) is 30.2 Å². The molecule has 0 bridgehead atoms. The Morgan fingerprint density at radius 2 is 1.47 bits per heavy atom. The number of rotatable bonds is 4. The lowest BCUT2D eigenvalue weighted by atomic mass is 9.94. The molecule has 7 nitrogen and oxygen atoms in total. The minimum atomic E-state index is -1.14. The summed E-state index contributed by atoms with van der Waals surface area (Å²) in [7, 11) is 4.12. The molecule has 0 radical (unpaired) electrons. The van der Waals surface area contributed by atoms with Crippen LogP contribution in [-0.2, 0) is 9.59 Å². The highest BCUT2D eigenvalue weighted by Crippen LogP contribution is 2.40. The summed E-state index contributed by atoms with van der Waals surface area (Å²) in [6.45, 7) is 9.93. The quantitative estimate of drug-likeness (QED) is 0.451. The molecule has 0 saturated heterocycles. The maximum atomic E-state index is 15.7. The monoisotopic (exact) mass is 531 g/mol. The molecule has 2 amide bonds. The normalized spacial score (nSPS) is 12.0. The van der Waals surface area contributed by atoms with Crippen LogP contribution in [0.15, 0.2) is 33.5 Å². The molecule has 204 valence electrons. The number of fused-ring (bicyclic) bond motifs is 1. The lowest BCUT2D eigenvalue weighted by Crippen LogP contribution is -2.38. The van der Waals surface area contributed by atoms with Crippen molar-refractivity contribution in [3.05, 3.63) is 51.9 Å². The molecule has 0 spiro atoms. The third kappa shape index (κ3) is 5.25. The number of hydrogen-bond donors (Lipinski definition) is 1. The lowest BCUT2D eigenvalue weighted by molar-refractivity contribution is -0.125. The van der Waals surface area contributed by atoms with Gasteiger partial charge in [-0.05, 0) is 18.2 Å². The number of carbonyl (C=O) groups is 2. The Morgan fingerprint density at radius 1 is 0.868 bits per heavy atom. The number of nitrogens with zero attached hydrogens (tertiary/aromatic N) is 2. The summed E-state index contributed by atoms with van der Waals surface area (Å²) < 4.78 is 51.8. The molecule has 38 heavy (non-hydrogen) atoms. The zero-order chi connectivity index (χ0) is 28.9. The fraction of sp³-hybridized carbons (Fsp3) is 0.393. The third-order valence-electron chi connectivity index (χ3n) is 5.92. The Hall–Kier alpha value is -3.82. The van der Waals surface area contributed by atoms with E-state index in [1.54, 1.807) is 41.5 Å². The second-order valence-electron chi connectivity index (χ2n) is 11.4. The Balaban J connectivity index is 2.27. The number of nitrogens with one attached hydrogen (secondary N) is 1. The number of halogens is 3. The minimum absolute atomic E-state index is 0.0791. The van der Waals surface area contributed by atoms with E-state index in [1.807, 2.05) is 0 Å². The number of carbonyl (C=O) groups excluding carboxylic acids is 2. The van der Waals surface area contributed by atoms with E-state index in [0.717, 1.165) is 17.0 Å². The van der Waals surface area contributed by atoms with Crippen LogP contribution in [0.2, 0.25) is 0 Å². The molecule has 0 fully saturated rings. The van der Waals surface area contributed by atoms with Gasteiger partial charge >= 0.3 is 0 Å². The van der Waals surface area contributed by atoms with Crippen LogP contribution in [-0.4, -0.2) is 33.0 Å². The zero-order valence-electron chi connectivity index (χ0n) is 23.0. The topological polar surface area (TPSA) is 82.9 Å². The van der Waals surface area contributed by atoms with Crippen LogP contribution >= 0.6 is 0 Å². The highest BCUT2D eigenvalue weighted by Gasteiger charge is 2.33. The van der Waals surface area contributed by atoms with Gasteiger partial charge in [0.25, 0.3) is 0 Å². The van der Waals surface area contributed by atoms with Crippen molar-refractivity contribution in [2.24, 2.45) is 10.8 Å². The Kier molecular flexibility index (Phi) is 7.42. The van der Waals surface area contributed by atoms with Crippen molar-refractivity contribution in [1.82, 2.24) is 0 Å². The minimum Gasteiger partial charge on any atom is -0.453 e. The number of hydrogen-bond acceptors (Lipinski definition) is 5. The SMILES string of the molecule is CN(C)c1c(F)c(N(C)C(=O)C(C)(C)C)c2c(=O)cc(-c3ccc(NC(=O)C(C)(C)C)c(F)c3)oc2c1F. The maximum absolute atomic E-state index is 15.7. The van der Waals surface area contributed by atoms with Gasteiger partial charge in [0.05, 0.1) is 16.8 Å². The van der Waals surface area contributed by atoms with Crippen molar-refractivity contribution in [2.45, 2.75) is 41.5 Å². The molecular formula is C28H32F3N3O4. The molecule has 0 saturated carbocycles. The molecule has 0 unspecified atom stereocenters. The summed E-state index contributed by atoms with van der Waals surface area (Å²) in [6, 6.07) is 4.71. The molecule has 0 aliphatic rings. The predicted molar refractivity (Wildman–Crippen MR) is 143 cm³/mol. The van der Waals surface area contributed by atoms with E-state index >= 15 is 8.78 Å². The maximum Gasteiger partial charge on any atom is 0.232 e. The molecule has 1 aromatic heterocycles. The van der Waals surface area contributed by atoms with Gasteiger partial charge in [0.2, 0.25) is 11.8 Å². The summed E-state index contributed by atoms with van der Waals surface area (Å²) in [5.74, 6) is -4.12. The van der Waals surface area contributed by atoms with Crippen molar-refractivity contribution in [3.8, 4) is 11.3 Å². The molecule has 3 aromatic rings. The van der Waals surface area contributed by atoms with E-state index in [4.69, 9.17) is 4.42 Å². The molecule has 3 rings (SSSR count). The Labute approximate surface area is 219 Å². The molecule has 1 heterocycles. The van der Waals surface area contributed by atoms with Crippen molar-refractivity contribution < 1.29 is 27.2 Å². The van der Waals surface area contributed by atoms with Gasteiger partial charge in [0.1, 0.15) is 17.3 Å². The average molecular weight is 532 g/mol. The third-order valence-corrected chi connectivity index (χ3v) is 5.92. The van der Waals surface area contributed by atoms with Gasteiger partial charge < -0.3 is 19.5 Å². The van der Waals surface area contributed by atoms with Gasteiger partial charge in [-0.15, -0.1) is 0 Å². The van der Waals surface area contributed by atoms with Crippen molar-refractivity contribution in [2.75, 3.05) is 36.3 Å². The molecule has 0 aliphatic carbocycles. The second-order valence-corrected chi connectivity index (χ2v) is 11.4. The smallest absolute Gasteiger partial charge is 0.232 e. The Bertz CT molecular complexity index is 1500. The van der Waals surface area contributed by atoms with Gasteiger partial charge in [0, 0.05) is 43.6 Å². The fourth-order valence-electron chi connectivity index (χ4n) is 3.83. The summed E-state index contributed by atoms with van der Waals surface area (Å²) in [4.78, 5) is 40.6. The van der Waals surface area contributed by atoms with Crippen LogP contribution in [0.1, 0.15) is 41.5 Å². The summed E-state index contributed by atoms with van der Waals surface area (Å²) >= 11 is 0. The summed E-state index contributed by atoms with van der Waals surface area (Å²) in [5, 5.41) is 2.04. The number of anilines is 3. The van der Waals surface area contributed by atoms with Crippen LogP contribution in [0, 0.1) is 28.3 Å². The molecule has 1 N–H and O–H groups in total. The molecule has 2 aromatic carbocycles. The first kappa shape index (κ1) is 28.7. The van der Waals surface area contributed by atoms with E-state index in [2.05, 4.69) is 5.32 Å². The summed E-state index contributed by atoms with van der Waals surface area (Å²) in [5.41, 5.74) is -4.00. The van der Waals surface area contributed by atoms with Crippen molar-refractivity contribution in [3.63, 3.8) is 0 Å². The Morgan fingerprint density at radius 3 is 1.97 bits per heavy atom. The predicted octanol–water partition coefficient (Wildman–Crippen LogP) is 5.94. The molecular weight excluding hydrogens is 499 g/mol. The van der Waals surface area contributed by atoms with Gasteiger partial charge in [0.15, 0.2) is 22.6 Å². The van der Waals surface area contributed by atoms with E-state index in [1.165, 1.54) is 38.2 Å². The fourth-order valence-corrected chi connectivity index (χ4v) is 3.83. The number of benzene rings is 2. The van der Waals surface area contributed by atoms with Crippen LogP contribution < -0.4 is 20.5 Å². The first-order valence-electron chi connectivity index (χ1n) is 11.9. The number of amides is 2. The van der Waals surface area contributed by atoms with Gasteiger partial charge in [-0.3, -0.25) is 14.4 Å². The highest BCUT2D eigenvalue weighted by atomic mass is 19.1. The van der Waals surface area contributed by atoms with Gasteiger partial charge in [-0.2, -0.15) is 0 Å². The van der Waals surface area contributed by atoms with Crippen LogP contribution in [0.3, 0.4) is 0 Å². The molecule has 10 heteroatoms. The summed E-state index contributed by atoms with van der Waals surface area (Å²) in [6.07, 6.45) is 0. The van der Waals surface area contributed by atoms with Crippen molar-refractivity contribution >= 4 is 39.8 Å². The first-order valence-corrected chi connectivity index (χ1v) is 11.9. The van der Waals surface area contributed by atoms with E-state index in [9.17, 15) is 18.8 Å². The zero-order valence-corrected chi connectivity index (χ0v) is 23.0. The molecule has 0 atom stereocenters. The van der Waals surface area contributed by atoms with E-state index in [-0.39, 0.29) is 17.0 Å². The molecule has 0 aliphatic heterocycles. The van der Waals surface area contributed by atoms with Crippen molar-refractivity contribution in [1.29, 1.82) is 0 Å². The largest absolute Gasteiger partial charge is 0.453 e. The van der Waals surface area contributed by atoms with E-state index in [0.29, 0.717) is 0 Å². The first-order chi connectivity index (χ1) is 17.4. The van der Waals surface area contributed by atoms with Gasteiger partial charge in [-0.1, -0.05) is 41.5 Å². The second kappa shape index (κ2) is 9.81. The van der Waals surface area contributed by atoms with Crippen LogP contribution in [0.25, 0.3) is 22.3 Å². The highest BCUT2D eigenvalue weighted by molar-refractivity contribution is 6.06. The van der Waals surface area contributed by atoms with E-state index < -0.39 is 67.9 Å².